The molecule has 0 bridgehead atoms. The maximum atomic E-state index is 12.9. The number of rotatable bonds is 7. The summed E-state index contributed by atoms with van der Waals surface area (Å²) < 4.78 is 44.8. The number of sulfonamides is 1. The van der Waals surface area contributed by atoms with Gasteiger partial charge >= 0.3 is 0 Å². The van der Waals surface area contributed by atoms with Gasteiger partial charge in [0.15, 0.2) is 6.61 Å². The molecule has 0 radical (unpaired) electrons. The van der Waals surface area contributed by atoms with Crippen LogP contribution in [0.4, 0.5) is 15.8 Å². The number of hydrogen-bond donors (Lipinski definition) is 1. The van der Waals surface area contributed by atoms with Gasteiger partial charge in [-0.25, -0.2) is 12.8 Å². The van der Waals surface area contributed by atoms with Crippen LogP contribution in [0, 0.1) is 5.82 Å². The van der Waals surface area contributed by atoms with Crippen LogP contribution in [0.15, 0.2) is 42.5 Å². The Labute approximate surface area is 164 Å². The van der Waals surface area contributed by atoms with Gasteiger partial charge in [-0.3, -0.25) is 9.10 Å². The molecule has 0 aromatic heterocycles. The van der Waals surface area contributed by atoms with E-state index in [0.29, 0.717) is 30.1 Å². The minimum absolute atomic E-state index is 0.0918. The van der Waals surface area contributed by atoms with E-state index in [-0.39, 0.29) is 24.1 Å². The van der Waals surface area contributed by atoms with Crippen molar-refractivity contribution in [2.75, 3.05) is 28.5 Å². The number of anilines is 2. The lowest BCUT2D eigenvalue weighted by Crippen LogP contribution is -2.37. The zero-order valence-corrected chi connectivity index (χ0v) is 16.5. The Morgan fingerprint density at radius 3 is 2.68 bits per heavy atom. The number of nitrogens with one attached hydrogen (secondary N) is 1. The van der Waals surface area contributed by atoms with Crippen LogP contribution in [0.3, 0.4) is 0 Å². The van der Waals surface area contributed by atoms with Gasteiger partial charge in [-0.05, 0) is 61.2 Å². The van der Waals surface area contributed by atoms with E-state index in [1.165, 1.54) is 28.6 Å². The third-order valence-electron chi connectivity index (χ3n) is 4.43. The summed E-state index contributed by atoms with van der Waals surface area (Å²) in [6.45, 7) is 2.04. The third kappa shape index (κ3) is 4.81. The Morgan fingerprint density at radius 1 is 1.21 bits per heavy atom. The van der Waals surface area contributed by atoms with E-state index < -0.39 is 10.0 Å². The molecule has 1 N–H and O–H groups in total. The number of fused-ring (bicyclic) bond motifs is 1. The largest absolute Gasteiger partial charge is 0.484 e. The third-order valence-corrected chi connectivity index (χ3v) is 6.40. The van der Waals surface area contributed by atoms with Crippen LogP contribution in [0.2, 0.25) is 0 Å². The highest BCUT2D eigenvalue weighted by Crippen LogP contribution is 2.32. The van der Waals surface area contributed by atoms with Crippen LogP contribution in [-0.2, 0) is 21.2 Å². The van der Waals surface area contributed by atoms with Gasteiger partial charge < -0.3 is 10.1 Å². The van der Waals surface area contributed by atoms with Gasteiger partial charge in [0.25, 0.3) is 5.91 Å². The molecule has 2 aromatic carbocycles. The van der Waals surface area contributed by atoms with Crippen molar-refractivity contribution in [3.8, 4) is 5.75 Å². The Balaban J connectivity index is 1.70. The molecule has 1 heterocycles. The van der Waals surface area contributed by atoms with Crippen LogP contribution < -0.4 is 14.4 Å². The number of benzene rings is 2. The summed E-state index contributed by atoms with van der Waals surface area (Å²) in [6.07, 6.45) is 2.12. The molecule has 0 saturated heterocycles. The van der Waals surface area contributed by atoms with Gasteiger partial charge in [0, 0.05) is 12.2 Å². The quantitative estimate of drug-likeness (QED) is 0.765. The van der Waals surface area contributed by atoms with E-state index in [0.717, 1.165) is 18.4 Å². The Bertz CT molecular complexity index is 945. The molecular formula is C20H23FN2O4S. The Kier molecular flexibility index (Phi) is 6.18. The van der Waals surface area contributed by atoms with Gasteiger partial charge in [-0.15, -0.1) is 0 Å². The van der Waals surface area contributed by atoms with Crippen molar-refractivity contribution in [2.24, 2.45) is 0 Å². The SMILES string of the molecule is CCCS(=O)(=O)N1CCCc2ccc(NC(=O)COc3ccc(F)cc3)cc21. The molecule has 1 aliphatic rings. The monoisotopic (exact) mass is 406 g/mol. The van der Waals surface area contributed by atoms with Crippen molar-refractivity contribution in [1.29, 1.82) is 0 Å². The van der Waals surface area contributed by atoms with Crippen LogP contribution in [0.25, 0.3) is 0 Å². The number of halogens is 1. The van der Waals surface area contributed by atoms with Gasteiger partial charge in [0.2, 0.25) is 10.0 Å². The first-order valence-corrected chi connectivity index (χ1v) is 10.8. The number of nitrogens with zero attached hydrogens (tertiary/aromatic N) is 1. The van der Waals surface area contributed by atoms with Gasteiger partial charge in [0.1, 0.15) is 11.6 Å². The highest BCUT2D eigenvalue weighted by Gasteiger charge is 2.27. The van der Waals surface area contributed by atoms with E-state index in [1.807, 2.05) is 13.0 Å². The fraction of sp³-hybridized carbons (Fsp3) is 0.350. The second kappa shape index (κ2) is 8.60. The molecule has 28 heavy (non-hydrogen) atoms. The van der Waals surface area contributed by atoms with Crippen molar-refractivity contribution in [3.05, 3.63) is 53.8 Å². The maximum absolute atomic E-state index is 12.9. The number of hydrogen-bond acceptors (Lipinski definition) is 4. The lowest BCUT2D eigenvalue weighted by molar-refractivity contribution is -0.118. The molecular weight excluding hydrogens is 383 g/mol. The first-order valence-electron chi connectivity index (χ1n) is 9.20. The predicted octanol–water partition coefficient (Wildman–Crippen LogP) is 3.34. The molecule has 0 aliphatic carbocycles. The number of carbonyl (C=O) groups excluding carboxylic acids is 1. The molecule has 6 nitrogen and oxygen atoms in total. The molecule has 8 heteroatoms. The van der Waals surface area contributed by atoms with Crippen molar-refractivity contribution in [2.45, 2.75) is 26.2 Å². The fourth-order valence-electron chi connectivity index (χ4n) is 3.15. The number of carbonyl (C=O) groups is 1. The average molecular weight is 406 g/mol. The number of aryl methyl sites for hydroxylation is 1. The molecule has 150 valence electrons. The summed E-state index contributed by atoms with van der Waals surface area (Å²) in [5.74, 6) is -0.288. The van der Waals surface area contributed by atoms with Gasteiger partial charge in [-0.2, -0.15) is 0 Å². The molecule has 0 saturated carbocycles. The van der Waals surface area contributed by atoms with Gasteiger partial charge in [-0.1, -0.05) is 13.0 Å². The number of ether oxygens (including phenoxy) is 1. The van der Waals surface area contributed by atoms with Gasteiger partial charge in [0.05, 0.1) is 11.4 Å². The van der Waals surface area contributed by atoms with Crippen LogP contribution in [-0.4, -0.2) is 33.2 Å². The maximum Gasteiger partial charge on any atom is 0.262 e. The summed E-state index contributed by atoms with van der Waals surface area (Å²) in [5.41, 5.74) is 2.08. The highest BCUT2D eigenvalue weighted by atomic mass is 32.2. The molecule has 1 aliphatic heterocycles. The summed E-state index contributed by atoms with van der Waals surface area (Å²) in [4.78, 5) is 12.2. The lowest BCUT2D eigenvalue weighted by Gasteiger charge is -2.31. The van der Waals surface area contributed by atoms with E-state index in [2.05, 4.69) is 5.32 Å². The second-order valence-electron chi connectivity index (χ2n) is 6.63. The molecule has 0 spiro atoms. The van der Waals surface area contributed by atoms with E-state index in [9.17, 15) is 17.6 Å². The first-order chi connectivity index (χ1) is 13.4. The normalized spacial score (nSPS) is 13.7. The zero-order chi connectivity index (χ0) is 20.1. The van der Waals surface area contributed by atoms with Crippen LogP contribution in [0.5, 0.6) is 5.75 Å². The van der Waals surface area contributed by atoms with Crippen molar-refractivity contribution < 1.29 is 22.3 Å². The lowest BCUT2D eigenvalue weighted by atomic mass is 10.0. The summed E-state index contributed by atoms with van der Waals surface area (Å²) in [7, 11) is -3.38. The smallest absolute Gasteiger partial charge is 0.262 e. The molecule has 1 amide bonds. The minimum atomic E-state index is -3.38. The Hall–Kier alpha value is -2.61. The summed E-state index contributed by atoms with van der Waals surface area (Å²) >= 11 is 0. The van der Waals surface area contributed by atoms with Crippen molar-refractivity contribution >= 4 is 27.3 Å². The van der Waals surface area contributed by atoms with Crippen LogP contribution in [0.1, 0.15) is 25.3 Å². The molecule has 2 aromatic rings. The highest BCUT2D eigenvalue weighted by molar-refractivity contribution is 7.92. The molecule has 0 fully saturated rings. The topological polar surface area (TPSA) is 75.7 Å². The standard InChI is InChI=1S/C20H23FN2O4S/c1-2-12-28(25,26)23-11-3-4-15-5-8-17(13-19(15)23)22-20(24)14-27-18-9-6-16(21)7-10-18/h5-10,13H,2-4,11-12,14H2,1H3,(H,22,24). The Morgan fingerprint density at radius 2 is 1.96 bits per heavy atom. The summed E-state index contributed by atoms with van der Waals surface area (Å²) in [6, 6.07) is 10.7. The van der Waals surface area contributed by atoms with Crippen molar-refractivity contribution in [1.82, 2.24) is 0 Å². The van der Waals surface area contributed by atoms with E-state index >= 15 is 0 Å². The zero-order valence-electron chi connectivity index (χ0n) is 15.7. The van der Waals surface area contributed by atoms with Crippen LogP contribution >= 0.6 is 0 Å². The van der Waals surface area contributed by atoms with Crippen molar-refractivity contribution in [3.63, 3.8) is 0 Å². The second-order valence-corrected chi connectivity index (χ2v) is 8.64. The molecule has 3 rings (SSSR count). The summed E-state index contributed by atoms with van der Waals surface area (Å²) in [5, 5.41) is 2.72. The fourth-order valence-corrected chi connectivity index (χ4v) is 4.77. The average Bonchev–Trinajstić information content (AvgIpc) is 2.67. The van der Waals surface area contributed by atoms with E-state index in [4.69, 9.17) is 4.74 Å². The first kappa shape index (κ1) is 20.1. The van der Waals surface area contributed by atoms with E-state index in [1.54, 1.807) is 12.1 Å². The molecule has 0 atom stereocenters. The molecule has 0 unspecified atom stereocenters. The predicted molar refractivity (Wildman–Crippen MR) is 107 cm³/mol. The number of amides is 1. The minimum Gasteiger partial charge on any atom is -0.484 e.